The minimum Gasteiger partial charge on any atom is -0.492 e. The summed E-state index contributed by atoms with van der Waals surface area (Å²) in [7, 11) is 0. The van der Waals surface area contributed by atoms with Gasteiger partial charge < -0.3 is 29.8 Å². The molecule has 1 aromatic rings. The Hall–Kier alpha value is -2.42. The van der Waals surface area contributed by atoms with Gasteiger partial charge in [0.2, 0.25) is 11.8 Å². The Morgan fingerprint density at radius 2 is 1.73 bits per heavy atom. The number of ether oxygens (including phenoxy) is 2. The fourth-order valence-electron chi connectivity index (χ4n) is 2.00. The molecule has 148 valence electrons. The lowest BCUT2D eigenvalue weighted by molar-refractivity contribution is -0.148. The lowest BCUT2D eigenvalue weighted by Crippen LogP contribution is -2.45. The Bertz CT molecular complexity index is 585. The number of aromatic hydroxyl groups is 2. The zero-order chi connectivity index (χ0) is 19.9. The molecular formula is C17H28N2O7. The van der Waals surface area contributed by atoms with Crippen LogP contribution in [0.25, 0.3) is 0 Å². The number of hydrogen-bond donors (Lipinski definition) is 3. The van der Waals surface area contributed by atoms with Crippen molar-refractivity contribution in [3.05, 3.63) is 12.1 Å². The van der Waals surface area contributed by atoms with Gasteiger partial charge >= 0.3 is 12.1 Å². The third-order valence-electron chi connectivity index (χ3n) is 3.11. The third kappa shape index (κ3) is 7.64. The van der Waals surface area contributed by atoms with Gasteiger partial charge in [0.05, 0.1) is 12.2 Å². The molecule has 9 nitrogen and oxygen atoms in total. The number of nitrogens with zero attached hydrogens (tertiary/aromatic N) is 1. The van der Waals surface area contributed by atoms with Gasteiger partial charge in [0, 0.05) is 12.1 Å². The molecule has 0 aliphatic rings. The van der Waals surface area contributed by atoms with Crippen LogP contribution < -0.4 is 10.2 Å². The van der Waals surface area contributed by atoms with E-state index in [1.807, 2.05) is 34.6 Å². The van der Waals surface area contributed by atoms with Crippen LogP contribution in [0.2, 0.25) is 0 Å². The molecule has 0 fully saturated rings. The maximum atomic E-state index is 12.3. The average molecular weight is 372 g/mol. The number of hydrogen-bond acceptors (Lipinski definition) is 7. The minimum absolute atomic E-state index is 0.0335. The number of amides is 1. The number of carbonyl (C=O) groups is 2. The van der Waals surface area contributed by atoms with Gasteiger partial charge in [-0.1, -0.05) is 13.8 Å². The summed E-state index contributed by atoms with van der Waals surface area (Å²) in [5, 5.41) is 21.5. The topological polar surface area (TPSA) is 119 Å². The standard InChI is InChI=1S/C17H28N2O7/c1-11(2)10-12(15(22)26-19-13(20)6-7-14(19)21)18-16(23)24-8-9-25-17(3,4)5/h6-7,11-12,20-21H,8-10H2,1-5H3,(H,18,23)/t12-/m0/s1. The molecule has 0 radical (unpaired) electrons. The smallest absolute Gasteiger partial charge is 0.407 e. The SMILES string of the molecule is CC(C)C[C@H](NC(=O)OCCOC(C)(C)C)C(=O)On1c(O)ccc1O. The highest BCUT2D eigenvalue weighted by Gasteiger charge is 2.26. The van der Waals surface area contributed by atoms with E-state index in [0.717, 1.165) is 12.1 Å². The number of alkyl carbamates (subject to hydrolysis) is 1. The maximum absolute atomic E-state index is 12.3. The molecule has 0 bridgehead atoms. The Labute approximate surface area is 152 Å². The van der Waals surface area contributed by atoms with Gasteiger partial charge in [-0.3, -0.25) is 0 Å². The van der Waals surface area contributed by atoms with Gasteiger partial charge in [-0.05, 0) is 33.1 Å². The predicted octanol–water partition coefficient (Wildman–Crippen LogP) is 1.81. The fourth-order valence-corrected chi connectivity index (χ4v) is 2.00. The highest BCUT2D eigenvalue weighted by atomic mass is 16.7. The van der Waals surface area contributed by atoms with Crippen molar-refractivity contribution in [1.29, 1.82) is 0 Å². The summed E-state index contributed by atoms with van der Waals surface area (Å²) < 4.78 is 11.0. The summed E-state index contributed by atoms with van der Waals surface area (Å²) >= 11 is 0. The van der Waals surface area contributed by atoms with E-state index >= 15 is 0 Å². The Morgan fingerprint density at radius 3 is 2.23 bits per heavy atom. The fraction of sp³-hybridized carbons (Fsp3) is 0.647. The molecule has 0 aromatic carbocycles. The Kier molecular flexibility index (Phi) is 7.76. The summed E-state index contributed by atoms with van der Waals surface area (Å²) in [4.78, 5) is 29.1. The quantitative estimate of drug-likeness (QED) is 0.595. The van der Waals surface area contributed by atoms with Crippen LogP contribution in [0.3, 0.4) is 0 Å². The van der Waals surface area contributed by atoms with Gasteiger partial charge in [-0.2, -0.15) is 0 Å². The summed E-state index contributed by atoms with van der Waals surface area (Å²) in [5.41, 5.74) is -0.343. The van der Waals surface area contributed by atoms with Crippen molar-refractivity contribution in [3.8, 4) is 11.8 Å². The molecule has 3 N–H and O–H groups in total. The van der Waals surface area contributed by atoms with E-state index in [0.29, 0.717) is 4.73 Å². The highest BCUT2D eigenvalue weighted by molar-refractivity contribution is 5.81. The van der Waals surface area contributed by atoms with E-state index in [1.165, 1.54) is 0 Å². The van der Waals surface area contributed by atoms with E-state index in [2.05, 4.69) is 5.32 Å². The van der Waals surface area contributed by atoms with Gasteiger partial charge in [0.25, 0.3) is 0 Å². The van der Waals surface area contributed by atoms with Crippen molar-refractivity contribution in [2.24, 2.45) is 5.92 Å². The summed E-state index contributed by atoms with van der Waals surface area (Å²) in [6.45, 7) is 9.65. The minimum atomic E-state index is -1.01. The van der Waals surface area contributed by atoms with E-state index < -0.39 is 29.9 Å². The molecule has 1 aromatic heterocycles. The molecule has 1 heterocycles. The van der Waals surface area contributed by atoms with Crippen LogP contribution in [-0.2, 0) is 14.3 Å². The van der Waals surface area contributed by atoms with Crippen LogP contribution in [0.15, 0.2) is 12.1 Å². The second-order valence-corrected chi connectivity index (χ2v) is 7.18. The van der Waals surface area contributed by atoms with Crippen LogP contribution in [0.5, 0.6) is 11.8 Å². The molecule has 0 saturated carbocycles. The van der Waals surface area contributed by atoms with Crippen molar-refractivity contribution in [3.63, 3.8) is 0 Å². The molecule has 9 heteroatoms. The van der Waals surface area contributed by atoms with Crippen LogP contribution in [0.1, 0.15) is 41.0 Å². The second-order valence-electron chi connectivity index (χ2n) is 7.18. The van der Waals surface area contributed by atoms with Gasteiger partial charge in [0.15, 0.2) is 0 Å². The number of rotatable bonds is 8. The predicted molar refractivity (Wildman–Crippen MR) is 92.8 cm³/mol. The molecule has 0 aliphatic carbocycles. The molecule has 0 spiro atoms. The zero-order valence-corrected chi connectivity index (χ0v) is 15.8. The van der Waals surface area contributed by atoms with Crippen LogP contribution in [-0.4, -0.2) is 51.9 Å². The van der Waals surface area contributed by atoms with E-state index in [1.54, 1.807) is 0 Å². The van der Waals surface area contributed by atoms with Gasteiger partial charge in [-0.25, -0.2) is 9.59 Å². The molecule has 0 aliphatic heterocycles. The molecular weight excluding hydrogens is 344 g/mol. The summed E-state index contributed by atoms with van der Waals surface area (Å²) in [6.07, 6.45) is -0.499. The van der Waals surface area contributed by atoms with Crippen molar-refractivity contribution in [1.82, 2.24) is 10.0 Å². The Balaban J connectivity index is 2.60. The van der Waals surface area contributed by atoms with Crippen LogP contribution in [0.4, 0.5) is 4.79 Å². The maximum Gasteiger partial charge on any atom is 0.407 e. The summed E-state index contributed by atoms with van der Waals surface area (Å²) in [5.74, 6) is -1.66. The van der Waals surface area contributed by atoms with E-state index in [-0.39, 0.29) is 31.2 Å². The van der Waals surface area contributed by atoms with Crippen molar-refractivity contribution < 1.29 is 34.1 Å². The highest BCUT2D eigenvalue weighted by Crippen LogP contribution is 2.19. The second kappa shape index (κ2) is 9.33. The third-order valence-corrected chi connectivity index (χ3v) is 3.11. The number of carbonyl (C=O) groups excluding carboxylic acids is 2. The lowest BCUT2D eigenvalue weighted by Gasteiger charge is -2.21. The van der Waals surface area contributed by atoms with Crippen LogP contribution >= 0.6 is 0 Å². The first-order valence-electron chi connectivity index (χ1n) is 8.38. The van der Waals surface area contributed by atoms with Crippen LogP contribution in [0, 0.1) is 5.92 Å². The first kappa shape index (κ1) is 21.6. The molecule has 0 unspecified atom stereocenters. The monoisotopic (exact) mass is 372 g/mol. The van der Waals surface area contributed by atoms with Gasteiger partial charge in [0.1, 0.15) is 12.6 Å². The first-order valence-corrected chi connectivity index (χ1v) is 8.38. The number of nitrogens with one attached hydrogen (secondary N) is 1. The number of aromatic nitrogens is 1. The largest absolute Gasteiger partial charge is 0.492 e. The zero-order valence-electron chi connectivity index (χ0n) is 15.8. The van der Waals surface area contributed by atoms with Crippen molar-refractivity contribution >= 4 is 12.1 Å². The average Bonchev–Trinajstić information content (AvgIpc) is 2.81. The van der Waals surface area contributed by atoms with Crippen molar-refractivity contribution in [2.75, 3.05) is 13.2 Å². The normalized spacial score (nSPS) is 12.7. The van der Waals surface area contributed by atoms with E-state index in [9.17, 15) is 19.8 Å². The Morgan fingerprint density at radius 1 is 1.15 bits per heavy atom. The summed E-state index contributed by atoms with van der Waals surface area (Å²) in [6, 6.07) is 1.32. The molecule has 1 rings (SSSR count). The molecule has 0 saturated heterocycles. The first-order chi connectivity index (χ1) is 12.0. The molecule has 26 heavy (non-hydrogen) atoms. The molecule has 1 amide bonds. The lowest BCUT2D eigenvalue weighted by atomic mass is 10.0. The van der Waals surface area contributed by atoms with E-state index in [4.69, 9.17) is 14.3 Å². The molecule has 1 atom stereocenters. The van der Waals surface area contributed by atoms with Crippen molar-refractivity contribution in [2.45, 2.75) is 52.7 Å². The van der Waals surface area contributed by atoms with Gasteiger partial charge in [-0.15, -0.1) is 4.73 Å².